The summed E-state index contributed by atoms with van der Waals surface area (Å²) >= 11 is 0. The first-order valence-corrected chi connectivity index (χ1v) is 17.4. The summed E-state index contributed by atoms with van der Waals surface area (Å²) in [6.07, 6.45) is -0.676. The zero-order valence-electron chi connectivity index (χ0n) is 27.6. The maximum absolute atomic E-state index is 15.3. The largest absolute Gasteiger partial charge is 0.499 e. The van der Waals surface area contributed by atoms with E-state index in [9.17, 15) is 24.0 Å². The predicted molar refractivity (Wildman–Crippen MR) is 163 cm³/mol. The summed E-state index contributed by atoms with van der Waals surface area (Å²) in [5, 5.41) is 6.33. The van der Waals surface area contributed by atoms with Crippen molar-refractivity contribution in [3.05, 3.63) is 57.7 Å². The first-order valence-electron chi connectivity index (χ1n) is 15.4. The number of hydrogen-bond acceptors (Lipinski definition) is 10. The summed E-state index contributed by atoms with van der Waals surface area (Å²) in [6, 6.07) is -3.05. The molecule has 0 radical (unpaired) electrons. The molecule has 1 aliphatic rings. The van der Waals surface area contributed by atoms with Crippen LogP contribution in [0.1, 0.15) is 73.1 Å². The number of halogens is 8. The molecule has 2 aromatic rings. The summed E-state index contributed by atoms with van der Waals surface area (Å²) in [4.78, 5) is 62.7. The molecule has 0 aliphatic carbocycles. The van der Waals surface area contributed by atoms with Crippen molar-refractivity contribution in [3.63, 3.8) is 0 Å². The van der Waals surface area contributed by atoms with Crippen molar-refractivity contribution in [2.45, 2.75) is 70.5 Å². The second kappa shape index (κ2) is 17.2. The van der Waals surface area contributed by atoms with E-state index >= 15 is 35.1 Å². The Kier molecular flexibility index (Phi) is 13.9. The first kappa shape index (κ1) is 41.1. The van der Waals surface area contributed by atoms with Crippen molar-refractivity contribution in [3.8, 4) is 0 Å². The van der Waals surface area contributed by atoms with Gasteiger partial charge in [-0.25, -0.2) is 39.9 Å². The molecule has 2 atom stereocenters. The molecule has 1 fully saturated rings. The third-order valence-electron chi connectivity index (χ3n) is 7.85. The number of anilines is 2. The number of rotatable bonds is 17. The Morgan fingerprint density at radius 3 is 1.49 bits per heavy atom. The van der Waals surface area contributed by atoms with Crippen LogP contribution in [0.2, 0.25) is 6.04 Å². The minimum Gasteiger partial charge on any atom is -0.390 e. The molecule has 3 rings (SSSR count). The van der Waals surface area contributed by atoms with Crippen molar-refractivity contribution in [1.82, 2.24) is 10.4 Å². The van der Waals surface area contributed by atoms with E-state index < -0.39 is 133 Å². The third-order valence-corrected chi connectivity index (χ3v) is 10.0. The molecule has 1 aliphatic heterocycles. The second-order valence-corrected chi connectivity index (χ2v) is 13.9. The Balaban J connectivity index is 1.94. The first-order chi connectivity index (χ1) is 24.0. The van der Waals surface area contributed by atoms with Gasteiger partial charge in [0, 0.05) is 51.7 Å². The van der Waals surface area contributed by atoms with Gasteiger partial charge in [0.15, 0.2) is 46.5 Å². The molecule has 2 unspecified atom stereocenters. The minimum absolute atomic E-state index is 0.100. The summed E-state index contributed by atoms with van der Waals surface area (Å²) in [6.45, 7) is 2.65. The summed E-state index contributed by atoms with van der Waals surface area (Å²) in [5.41, 5.74) is -6.44. The highest BCUT2D eigenvalue weighted by molar-refractivity contribution is 6.59. The standard InChI is InChI=1S/C30H34F8N4O8Si/c1-5-7-13(40-27-23(35)19(31)17(20(32)24(27)36)29(45)39-11-12-51(47,48-3)49-4)14(8-6-2)41-28-25(37)21(33)18(22(34)26(28)38)30(46)50-42-15(43)9-10-16(42)44/h13-14,40-41,47H,5-12H2,1-4H3,(H,39,45). The number of carbonyl (C=O) groups excluding carboxylic acids is 4. The Morgan fingerprint density at radius 1 is 0.725 bits per heavy atom. The fourth-order valence-corrected chi connectivity index (χ4v) is 6.15. The molecular weight excluding hydrogens is 724 g/mol. The molecule has 2 aromatic carbocycles. The molecule has 0 saturated carbocycles. The smallest absolute Gasteiger partial charge is 0.390 e. The molecule has 0 bridgehead atoms. The lowest BCUT2D eigenvalue weighted by Crippen LogP contribution is -2.43. The Hall–Kier alpha value is -4.34. The molecule has 21 heteroatoms. The number of hydroxylamine groups is 2. The lowest BCUT2D eigenvalue weighted by atomic mass is 9.97. The van der Waals surface area contributed by atoms with Crippen LogP contribution in [0.15, 0.2) is 0 Å². The zero-order valence-corrected chi connectivity index (χ0v) is 28.6. The van der Waals surface area contributed by atoms with Crippen molar-refractivity contribution >= 4 is 43.9 Å². The molecule has 1 heterocycles. The number of carbonyl (C=O) groups is 4. The number of nitrogens with one attached hydrogen (secondary N) is 3. The van der Waals surface area contributed by atoms with Gasteiger partial charge in [0.05, 0.1) is 0 Å². The number of imide groups is 1. The van der Waals surface area contributed by atoms with Crippen molar-refractivity contribution in [1.29, 1.82) is 0 Å². The zero-order chi connectivity index (χ0) is 38.4. The third kappa shape index (κ3) is 8.76. The van der Waals surface area contributed by atoms with Crippen molar-refractivity contribution in [2.24, 2.45) is 0 Å². The van der Waals surface area contributed by atoms with E-state index in [0.29, 0.717) is 0 Å². The summed E-state index contributed by atoms with van der Waals surface area (Å²) in [5.74, 6) is -23.0. The average Bonchev–Trinajstić information content (AvgIpc) is 3.41. The molecule has 1 saturated heterocycles. The summed E-state index contributed by atoms with van der Waals surface area (Å²) in [7, 11) is -1.50. The van der Waals surface area contributed by atoms with E-state index in [4.69, 9.17) is 8.85 Å². The van der Waals surface area contributed by atoms with E-state index in [1.807, 2.05) is 5.32 Å². The lowest BCUT2D eigenvalue weighted by Gasteiger charge is -2.31. The average molecular weight is 759 g/mol. The highest BCUT2D eigenvalue weighted by Crippen LogP contribution is 2.33. The maximum atomic E-state index is 15.3. The topological polar surface area (TPSA) is 156 Å². The van der Waals surface area contributed by atoms with Crippen molar-refractivity contribution in [2.75, 3.05) is 31.4 Å². The van der Waals surface area contributed by atoms with Crippen LogP contribution in [-0.4, -0.2) is 75.2 Å². The van der Waals surface area contributed by atoms with Crippen LogP contribution < -0.4 is 16.0 Å². The fourth-order valence-electron chi connectivity index (χ4n) is 5.13. The highest BCUT2D eigenvalue weighted by atomic mass is 28.4. The van der Waals surface area contributed by atoms with Gasteiger partial charge in [0.2, 0.25) is 0 Å². The van der Waals surface area contributed by atoms with E-state index in [2.05, 4.69) is 15.5 Å². The van der Waals surface area contributed by atoms with Crippen LogP contribution in [-0.2, 0) is 23.3 Å². The summed E-state index contributed by atoms with van der Waals surface area (Å²) < 4.78 is 131. The van der Waals surface area contributed by atoms with E-state index in [1.165, 1.54) is 0 Å². The number of benzene rings is 2. The maximum Gasteiger partial charge on any atom is 0.499 e. The predicted octanol–water partition coefficient (Wildman–Crippen LogP) is 4.84. The van der Waals surface area contributed by atoms with Crippen molar-refractivity contribution < 1.29 is 72.8 Å². The monoisotopic (exact) mass is 758 g/mol. The van der Waals surface area contributed by atoms with Gasteiger partial charge in [-0.2, -0.15) is 0 Å². The molecular formula is C30H34F8N4O8Si. The normalized spacial score (nSPS) is 14.5. The fraction of sp³-hybridized carbons (Fsp3) is 0.467. The highest BCUT2D eigenvalue weighted by Gasteiger charge is 2.39. The molecule has 51 heavy (non-hydrogen) atoms. The number of nitrogens with zero attached hydrogens (tertiary/aromatic N) is 1. The lowest BCUT2D eigenvalue weighted by molar-refractivity contribution is -0.172. The Morgan fingerprint density at radius 2 is 1.12 bits per heavy atom. The van der Waals surface area contributed by atoms with Gasteiger partial charge in [-0.1, -0.05) is 26.7 Å². The Bertz CT molecular complexity index is 1610. The van der Waals surface area contributed by atoms with Gasteiger partial charge < -0.3 is 34.4 Å². The molecule has 12 nitrogen and oxygen atoms in total. The van der Waals surface area contributed by atoms with Crippen LogP contribution in [0.5, 0.6) is 0 Å². The van der Waals surface area contributed by atoms with Crippen LogP contribution in [0.3, 0.4) is 0 Å². The number of amides is 3. The molecule has 3 amide bonds. The van der Waals surface area contributed by atoms with E-state index in [-0.39, 0.29) is 36.8 Å². The van der Waals surface area contributed by atoms with Gasteiger partial charge >= 0.3 is 14.8 Å². The molecule has 0 aromatic heterocycles. The quantitative estimate of drug-likeness (QED) is 0.0763. The van der Waals surface area contributed by atoms with Crippen LogP contribution in [0.4, 0.5) is 46.5 Å². The van der Waals surface area contributed by atoms with Crippen LogP contribution in [0.25, 0.3) is 0 Å². The van der Waals surface area contributed by atoms with Crippen LogP contribution >= 0.6 is 0 Å². The Labute approximate surface area is 286 Å². The minimum atomic E-state index is -3.73. The van der Waals surface area contributed by atoms with Gasteiger partial charge in [-0.3, -0.25) is 14.4 Å². The van der Waals surface area contributed by atoms with Gasteiger partial charge in [0.1, 0.15) is 22.5 Å². The second-order valence-electron chi connectivity index (χ2n) is 11.2. The number of hydrogen-bond donors (Lipinski definition) is 4. The van der Waals surface area contributed by atoms with Gasteiger partial charge in [0.25, 0.3) is 17.7 Å². The van der Waals surface area contributed by atoms with E-state index in [1.54, 1.807) is 13.8 Å². The van der Waals surface area contributed by atoms with Crippen LogP contribution in [0, 0.1) is 46.5 Å². The molecule has 282 valence electrons. The van der Waals surface area contributed by atoms with Gasteiger partial charge in [-0.15, -0.1) is 5.06 Å². The molecule has 0 spiro atoms. The molecule has 4 N–H and O–H groups in total. The van der Waals surface area contributed by atoms with Gasteiger partial charge in [-0.05, 0) is 12.8 Å². The van der Waals surface area contributed by atoms with E-state index in [0.717, 1.165) is 14.2 Å². The SMILES string of the molecule is CCCC(Nc1c(F)c(F)c(C(=O)NCC[Si](O)(OC)OC)c(F)c1F)C(CCC)Nc1c(F)c(F)c(C(=O)ON2C(=O)CCC2=O)c(F)c1F.